The van der Waals surface area contributed by atoms with Gasteiger partial charge in [0.15, 0.2) is 0 Å². The number of halogens is 1. The second-order valence-corrected chi connectivity index (χ2v) is 6.58. The van der Waals surface area contributed by atoms with Crippen LogP contribution in [0.5, 0.6) is 0 Å². The third kappa shape index (κ3) is 4.81. The summed E-state index contributed by atoms with van der Waals surface area (Å²) in [6, 6.07) is 1.52. The van der Waals surface area contributed by atoms with Crippen LogP contribution in [0.15, 0.2) is 27.8 Å². The minimum atomic E-state index is -3.59. The molecule has 0 spiro atoms. The monoisotopic (exact) mass is 352 g/mol. The Morgan fingerprint density at radius 3 is 2.26 bits per heavy atom. The fourth-order valence-corrected chi connectivity index (χ4v) is 3.34. The van der Waals surface area contributed by atoms with Gasteiger partial charge in [0.05, 0.1) is 13.2 Å². The zero-order valence-electron chi connectivity index (χ0n) is 10.9. The summed E-state index contributed by atoms with van der Waals surface area (Å²) in [4.78, 5) is 4.03. The number of sulfonamides is 1. The molecule has 1 heterocycles. The van der Waals surface area contributed by atoms with Crippen molar-refractivity contribution in [2.45, 2.75) is 4.90 Å². The molecule has 0 aliphatic heterocycles. The van der Waals surface area contributed by atoms with E-state index in [0.717, 1.165) is 0 Å². The van der Waals surface area contributed by atoms with Crippen molar-refractivity contribution >= 4 is 26.0 Å². The lowest BCUT2D eigenvalue weighted by atomic mass is 10.5. The molecule has 0 radical (unpaired) electrons. The molecule has 8 heteroatoms. The SMILES string of the molecule is COCCN(CCOC)S(=O)(=O)c1cncc(Br)c1. The van der Waals surface area contributed by atoms with Crippen molar-refractivity contribution in [1.29, 1.82) is 0 Å². The number of hydrogen-bond acceptors (Lipinski definition) is 5. The quantitative estimate of drug-likeness (QED) is 0.701. The number of nitrogens with zero attached hydrogens (tertiary/aromatic N) is 2. The Hall–Kier alpha value is -0.540. The van der Waals surface area contributed by atoms with Crippen LogP contribution in [-0.4, -0.2) is 58.2 Å². The average molecular weight is 353 g/mol. The number of aromatic nitrogens is 1. The van der Waals surface area contributed by atoms with Crippen molar-refractivity contribution < 1.29 is 17.9 Å². The molecular weight excluding hydrogens is 336 g/mol. The summed E-state index contributed by atoms with van der Waals surface area (Å²) in [6.07, 6.45) is 2.86. The number of methoxy groups -OCH3 is 2. The molecule has 1 aromatic heterocycles. The van der Waals surface area contributed by atoms with Gasteiger partial charge in [0.2, 0.25) is 10.0 Å². The molecule has 0 fully saturated rings. The number of rotatable bonds is 8. The molecule has 0 aliphatic rings. The van der Waals surface area contributed by atoms with Crippen molar-refractivity contribution in [1.82, 2.24) is 9.29 Å². The van der Waals surface area contributed by atoms with Gasteiger partial charge in [-0.1, -0.05) is 0 Å². The van der Waals surface area contributed by atoms with Gasteiger partial charge < -0.3 is 9.47 Å². The standard InChI is InChI=1S/C11H17BrN2O4S/c1-17-5-3-14(4-6-18-2)19(15,16)11-7-10(12)8-13-9-11/h7-9H,3-6H2,1-2H3. The zero-order chi connectivity index (χ0) is 14.3. The van der Waals surface area contributed by atoms with Crippen LogP contribution < -0.4 is 0 Å². The molecule has 0 saturated carbocycles. The number of ether oxygens (including phenoxy) is 2. The van der Waals surface area contributed by atoms with Gasteiger partial charge in [-0.15, -0.1) is 0 Å². The Morgan fingerprint density at radius 2 is 1.79 bits per heavy atom. The van der Waals surface area contributed by atoms with Crippen LogP contribution in [0.25, 0.3) is 0 Å². The maximum absolute atomic E-state index is 12.5. The first-order chi connectivity index (χ1) is 9.02. The molecule has 0 amide bonds. The number of hydrogen-bond donors (Lipinski definition) is 0. The highest BCUT2D eigenvalue weighted by molar-refractivity contribution is 9.10. The van der Waals surface area contributed by atoms with Gasteiger partial charge in [-0.3, -0.25) is 4.98 Å². The topological polar surface area (TPSA) is 68.7 Å². The van der Waals surface area contributed by atoms with Crippen molar-refractivity contribution in [2.24, 2.45) is 0 Å². The minimum absolute atomic E-state index is 0.147. The van der Waals surface area contributed by atoms with Crippen molar-refractivity contribution in [3.05, 3.63) is 22.9 Å². The number of pyridine rings is 1. The lowest BCUT2D eigenvalue weighted by molar-refractivity contribution is 0.150. The lowest BCUT2D eigenvalue weighted by Crippen LogP contribution is -2.36. The van der Waals surface area contributed by atoms with Gasteiger partial charge in [-0.25, -0.2) is 8.42 Å². The first kappa shape index (κ1) is 16.5. The molecule has 0 saturated heterocycles. The van der Waals surface area contributed by atoms with Crippen LogP contribution in [0, 0.1) is 0 Å². The Bertz CT molecular complexity index is 487. The van der Waals surface area contributed by atoms with E-state index in [0.29, 0.717) is 17.7 Å². The molecule has 1 aromatic rings. The van der Waals surface area contributed by atoms with E-state index in [4.69, 9.17) is 9.47 Å². The molecule has 0 aromatic carbocycles. The average Bonchev–Trinajstić information content (AvgIpc) is 2.38. The van der Waals surface area contributed by atoms with Crippen LogP contribution in [0.3, 0.4) is 0 Å². The molecule has 0 bridgehead atoms. The molecule has 0 N–H and O–H groups in total. The van der Waals surface area contributed by atoms with Crippen LogP contribution in [0.2, 0.25) is 0 Å². The zero-order valence-corrected chi connectivity index (χ0v) is 13.3. The van der Waals surface area contributed by atoms with E-state index in [1.165, 1.54) is 37.0 Å². The fraction of sp³-hybridized carbons (Fsp3) is 0.545. The smallest absolute Gasteiger partial charge is 0.244 e. The molecule has 6 nitrogen and oxygen atoms in total. The summed E-state index contributed by atoms with van der Waals surface area (Å²) < 4.78 is 36.7. The molecule has 19 heavy (non-hydrogen) atoms. The van der Waals surface area contributed by atoms with Crippen molar-refractivity contribution in [3.63, 3.8) is 0 Å². The summed E-state index contributed by atoms with van der Waals surface area (Å²) in [6.45, 7) is 1.19. The van der Waals surface area contributed by atoms with E-state index in [2.05, 4.69) is 20.9 Å². The highest BCUT2D eigenvalue weighted by Crippen LogP contribution is 2.18. The van der Waals surface area contributed by atoms with E-state index in [1.807, 2.05) is 0 Å². The predicted molar refractivity (Wildman–Crippen MR) is 74.4 cm³/mol. The summed E-state index contributed by atoms with van der Waals surface area (Å²) in [5.41, 5.74) is 0. The van der Waals surface area contributed by atoms with Gasteiger partial charge in [-0.2, -0.15) is 4.31 Å². The van der Waals surface area contributed by atoms with Crippen LogP contribution >= 0.6 is 15.9 Å². The van der Waals surface area contributed by atoms with Crippen LogP contribution in [0.1, 0.15) is 0 Å². The van der Waals surface area contributed by atoms with Gasteiger partial charge in [0, 0.05) is 44.2 Å². The van der Waals surface area contributed by atoms with E-state index < -0.39 is 10.0 Å². The molecule has 1 rings (SSSR count). The third-order valence-electron chi connectivity index (χ3n) is 2.41. The molecular formula is C11H17BrN2O4S. The normalized spacial score (nSPS) is 12.0. The second kappa shape index (κ2) is 7.91. The first-order valence-electron chi connectivity index (χ1n) is 5.61. The lowest BCUT2D eigenvalue weighted by Gasteiger charge is -2.21. The maximum atomic E-state index is 12.5. The van der Waals surface area contributed by atoms with Gasteiger partial charge in [0.1, 0.15) is 4.90 Å². The Kier molecular flexibility index (Phi) is 6.87. The Balaban J connectivity index is 2.97. The highest BCUT2D eigenvalue weighted by atomic mass is 79.9. The van der Waals surface area contributed by atoms with Gasteiger partial charge >= 0.3 is 0 Å². The first-order valence-corrected chi connectivity index (χ1v) is 7.84. The largest absolute Gasteiger partial charge is 0.383 e. The summed E-state index contributed by atoms with van der Waals surface area (Å²) in [5, 5.41) is 0. The predicted octanol–water partition coefficient (Wildman–Crippen LogP) is 1.13. The maximum Gasteiger partial charge on any atom is 0.244 e. The van der Waals surface area contributed by atoms with E-state index >= 15 is 0 Å². The summed E-state index contributed by atoms with van der Waals surface area (Å²) in [7, 11) is -0.528. The molecule has 0 aliphatic carbocycles. The molecule has 108 valence electrons. The van der Waals surface area contributed by atoms with Gasteiger partial charge in [0.25, 0.3) is 0 Å². The van der Waals surface area contributed by atoms with E-state index in [9.17, 15) is 8.42 Å². The van der Waals surface area contributed by atoms with Gasteiger partial charge in [-0.05, 0) is 22.0 Å². The fourth-order valence-electron chi connectivity index (χ4n) is 1.42. The van der Waals surface area contributed by atoms with Crippen LogP contribution in [-0.2, 0) is 19.5 Å². The van der Waals surface area contributed by atoms with E-state index in [-0.39, 0.29) is 18.0 Å². The molecule has 0 atom stereocenters. The second-order valence-electron chi connectivity index (χ2n) is 3.73. The van der Waals surface area contributed by atoms with E-state index in [1.54, 1.807) is 0 Å². The van der Waals surface area contributed by atoms with Crippen LogP contribution in [0.4, 0.5) is 0 Å². The Labute approximate surface area is 121 Å². The summed E-state index contributed by atoms with van der Waals surface area (Å²) in [5.74, 6) is 0. The summed E-state index contributed by atoms with van der Waals surface area (Å²) >= 11 is 3.21. The Morgan fingerprint density at radius 1 is 1.21 bits per heavy atom. The highest BCUT2D eigenvalue weighted by Gasteiger charge is 2.24. The van der Waals surface area contributed by atoms with Crippen molar-refractivity contribution in [3.8, 4) is 0 Å². The minimum Gasteiger partial charge on any atom is -0.383 e. The van der Waals surface area contributed by atoms with Crippen molar-refractivity contribution in [2.75, 3.05) is 40.5 Å². The third-order valence-corrected chi connectivity index (χ3v) is 4.70. The molecule has 0 unspecified atom stereocenters.